The predicted molar refractivity (Wildman–Crippen MR) is 105 cm³/mol. The fourth-order valence-corrected chi connectivity index (χ4v) is 2.74. The number of hydrogen-bond donors (Lipinski definition) is 2. The van der Waals surface area contributed by atoms with Gasteiger partial charge in [0.2, 0.25) is 0 Å². The summed E-state index contributed by atoms with van der Waals surface area (Å²) < 4.78 is 0.710. The Balaban J connectivity index is 1.72. The molecule has 0 heterocycles. The zero-order chi connectivity index (χ0) is 17.6. The lowest BCUT2D eigenvalue weighted by Crippen LogP contribution is -2.17. The first-order chi connectivity index (χ1) is 12.1. The van der Waals surface area contributed by atoms with E-state index in [2.05, 4.69) is 26.5 Å². The summed E-state index contributed by atoms with van der Waals surface area (Å²) in [6.45, 7) is 0. The first-order valence-corrected chi connectivity index (χ1v) is 8.40. The van der Waals surface area contributed by atoms with Crippen LogP contribution in [0.5, 0.6) is 5.75 Å². The number of rotatable bonds is 4. The van der Waals surface area contributed by atoms with Crippen LogP contribution in [0.3, 0.4) is 0 Å². The molecule has 0 radical (unpaired) electrons. The van der Waals surface area contributed by atoms with Gasteiger partial charge < -0.3 is 5.11 Å². The van der Waals surface area contributed by atoms with E-state index in [0.717, 1.165) is 16.3 Å². The second-order valence-corrected chi connectivity index (χ2v) is 6.27. The minimum Gasteiger partial charge on any atom is -0.507 e. The number of fused-ring (bicyclic) bond motifs is 1. The number of hydrogen-bond acceptors (Lipinski definition) is 3. The van der Waals surface area contributed by atoms with Gasteiger partial charge >= 0.3 is 0 Å². The van der Waals surface area contributed by atoms with E-state index in [1.54, 1.807) is 12.1 Å². The van der Waals surface area contributed by atoms with Gasteiger partial charge in [-0.05, 0) is 50.5 Å². The van der Waals surface area contributed by atoms with E-state index < -0.39 is 5.91 Å². The molecule has 0 bridgehead atoms. The van der Waals surface area contributed by atoms with E-state index in [-0.39, 0.29) is 11.3 Å². The van der Waals surface area contributed by atoms with Gasteiger partial charge in [-0.1, -0.05) is 54.6 Å². The summed E-state index contributed by atoms with van der Waals surface area (Å²) in [7, 11) is 0. The van der Waals surface area contributed by atoms with Crippen LogP contribution < -0.4 is 5.43 Å². The van der Waals surface area contributed by atoms with E-state index in [9.17, 15) is 9.90 Å². The third-order valence-electron chi connectivity index (χ3n) is 3.57. The minimum atomic E-state index is -0.473. The van der Waals surface area contributed by atoms with Crippen molar-refractivity contribution in [3.05, 3.63) is 82.3 Å². The maximum Gasteiger partial charge on any atom is 0.275 e. The predicted octanol–water partition coefficient (Wildman–Crippen LogP) is 4.70. The van der Waals surface area contributed by atoms with Crippen molar-refractivity contribution in [2.24, 2.45) is 5.10 Å². The molecule has 0 fully saturated rings. The number of phenolic OH excluding ortho intramolecular Hbond substituents is 1. The number of nitrogens with zero attached hydrogens (tertiary/aromatic N) is 1. The van der Waals surface area contributed by atoms with E-state index in [0.29, 0.717) is 4.48 Å². The number of amides is 1. The molecule has 0 aliphatic heterocycles. The normalized spacial score (nSPS) is 11.8. The standard InChI is InChI=1S/C20H15BrN2O2/c21-17(10-14-6-2-1-3-7-14)13-22-23-20(25)18-11-15-8-4-5-9-16(15)12-19(18)24/h1-13,24H,(H,23,25). The highest BCUT2D eigenvalue weighted by molar-refractivity contribution is 9.12. The Morgan fingerprint density at radius 1 is 1.00 bits per heavy atom. The Bertz CT molecular complexity index is 966. The number of aromatic hydroxyl groups is 1. The van der Waals surface area contributed by atoms with E-state index in [4.69, 9.17) is 0 Å². The lowest BCUT2D eigenvalue weighted by Gasteiger charge is -2.05. The van der Waals surface area contributed by atoms with Crippen molar-refractivity contribution in [3.63, 3.8) is 0 Å². The lowest BCUT2D eigenvalue weighted by atomic mass is 10.1. The maximum absolute atomic E-state index is 12.2. The Kier molecular flexibility index (Phi) is 5.26. The molecule has 0 saturated heterocycles. The Morgan fingerprint density at radius 3 is 2.36 bits per heavy atom. The van der Waals surface area contributed by atoms with Crippen LogP contribution in [0.1, 0.15) is 15.9 Å². The van der Waals surface area contributed by atoms with Gasteiger partial charge in [-0.25, -0.2) is 5.43 Å². The number of carbonyl (C=O) groups is 1. The van der Waals surface area contributed by atoms with Crippen LogP contribution >= 0.6 is 15.9 Å². The van der Waals surface area contributed by atoms with Gasteiger partial charge in [0.1, 0.15) is 5.75 Å². The largest absolute Gasteiger partial charge is 0.507 e. The zero-order valence-electron chi connectivity index (χ0n) is 13.2. The van der Waals surface area contributed by atoms with E-state index >= 15 is 0 Å². The number of halogens is 1. The van der Waals surface area contributed by atoms with Gasteiger partial charge in [0, 0.05) is 4.48 Å². The number of phenols is 1. The SMILES string of the molecule is O=C(NN=CC(Br)=Cc1ccccc1)c1cc2ccccc2cc1O. The molecule has 0 unspecified atom stereocenters. The van der Waals surface area contributed by atoms with Crippen molar-refractivity contribution in [2.75, 3.05) is 0 Å². The summed E-state index contributed by atoms with van der Waals surface area (Å²) in [6.07, 6.45) is 3.37. The third kappa shape index (κ3) is 4.33. The fraction of sp³-hybridized carbons (Fsp3) is 0. The quantitative estimate of drug-likeness (QED) is 0.497. The molecule has 25 heavy (non-hydrogen) atoms. The van der Waals surface area contributed by atoms with Gasteiger partial charge in [-0.15, -0.1) is 0 Å². The van der Waals surface area contributed by atoms with Crippen molar-refractivity contribution in [3.8, 4) is 5.75 Å². The average Bonchev–Trinajstić information content (AvgIpc) is 2.61. The average molecular weight is 395 g/mol. The van der Waals surface area contributed by atoms with Crippen LogP contribution in [0.4, 0.5) is 0 Å². The summed E-state index contributed by atoms with van der Waals surface area (Å²) in [5.41, 5.74) is 3.61. The molecule has 124 valence electrons. The summed E-state index contributed by atoms with van der Waals surface area (Å²) in [5.74, 6) is -0.551. The van der Waals surface area contributed by atoms with E-state index in [1.165, 1.54) is 6.21 Å². The molecule has 0 aromatic heterocycles. The zero-order valence-corrected chi connectivity index (χ0v) is 14.8. The van der Waals surface area contributed by atoms with Crippen LogP contribution in [0, 0.1) is 0 Å². The second kappa shape index (κ2) is 7.77. The number of hydrazone groups is 1. The Labute approximate surface area is 153 Å². The first kappa shape index (κ1) is 16.9. The number of benzene rings is 3. The highest BCUT2D eigenvalue weighted by Gasteiger charge is 2.11. The number of carbonyl (C=O) groups excluding carboxylic acids is 1. The molecule has 5 heteroatoms. The van der Waals surface area contributed by atoms with Gasteiger partial charge in [0.25, 0.3) is 5.91 Å². The van der Waals surface area contributed by atoms with Crippen LogP contribution in [0.25, 0.3) is 16.8 Å². The van der Waals surface area contributed by atoms with Crippen molar-refractivity contribution in [2.45, 2.75) is 0 Å². The van der Waals surface area contributed by atoms with Gasteiger partial charge in [-0.2, -0.15) is 5.10 Å². The Hall–Kier alpha value is -2.92. The molecule has 3 aromatic carbocycles. The summed E-state index contributed by atoms with van der Waals surface area (Å²) in [6, 6.07) is 20.5. The third-order valence-corrected chi connectivity index (χ3v) is 4.00. The molecule has 3 rings (SSSR count). The highest BCUT2D eigenvalue weighted by Crippen LogP contribution is 2.24. The topological polar surface area (TPSA) is 61.7 Å². The summed E-state index contributed by atoms with van der Waals surface area (Å²) in [4.78, 5) is 12.2. The van der Waals surface area contributed by atoms with Crippen molar-refractivity contribution < 1.29 is 9.90 Å². The van der Waals surface area contributed by atoms with Gasteiger partial charge in [0.15, 0.2) is 0 Å². The number of allylic oxidation sites excluding steroid dienone is 1. The van der Waals surface area contributed by atoms with Gasteiger partial charge in [0.05, 0.1) is 11.8 Å². The van der Waals surface area contributed by atoms with Crippen LogP contribution in [-0.4, -0.2) is 17.2 Å². The smallest absolute Gasteiger partial charge is 0.275 e. The summed E-state index contributed by atoms with van der Waals surface area (Å²) >= 11 is 3.38. The fourth-order valence-electron chi connectivity index (χ4n) is 2.37. The molecule has 1 amide bonds. The van der Waals surface area contributed by atoms with Crippen LogP contribution in [-0.2, 0) is 0 Å². The second-order valence-electron chi connectivity index (χ2n) is 5.36. The molecule has 3 aromatic rings. The van der Waals surface area contributed by atoms with Gasteiger partial charge in [-0.3, -0.25) is 4.79 Å². The van der Waals surface area contributed by atoms with Crippen molar-refractivity contribution in [1.29, 1.82) is 0 Å². The monoisotopic (exact) mass is 394 g/mol. The highest BCUT2D eigenvalue weighted by atomic mass is 79.9. The van der Waals surface area contributed by atoms with Crippen molar-refractivity contribution >= 4 is 44.9 Å². The van der Waals surface area contributed by atoms with Crippen LogP contribution in [0.2, 0.25) is 0 Å². The molecule has 4 nitrogen and oxygen atoms in total. The molecule has 2 N–H and O–H groups in total. The minimum absolute atomic E-state index is 0.0784. The molecule has 0 saturated carbocycles. The summed E-state index contributed by atoms with van der Waals surface area (Å²) in [5, 5.41) is 15.7. The molecule has 0 aliphatic rings. The number of nitrogens with one attached hydrogen (secondary N) is 1. The lowest BCUT2D eigenvalue weighted by molar-refractivity contribution is 0.0952. The maximum atomic E-state index is 12.2. The molecular weight excluding hydrogens is 380 g/mol. The van der Waals surface area contributed by atoms with Crippen molar-refractivity contribution in [1.82, 2.24) is 5.43 Å². The molecule has 0 atom stereocenters. The first-order valence-electron chi connectivity index (χ1n) is 7.61. The molecule has 0 aliphatic carbocycles. The molecule has 0 spiro atoms. The van der Waals surface area contributed by atoms with Crippen LogP contribution in [0.15, 0.2) is 76.3 Å². The Morgan fingerprint density at radius 2 is 1.64 bits per heavy atom. The van der Waals surface area contributed by atoms with E-state index in [1.807, 2.05) is 60.7 Å². The molecular formula is C20H15BrN2O2.